The Morgan fingerprint density at radius 2 is 1.84 bits per heavy atom. The van der Waals surface area contributed by atoms with Crippen molar-refractivity contribution in [2.45, 2.75) is 38.8 Å². The van der Waals surface area contributed by atoms with Crippen LogP contribution in [0.5, 0.6) is 0 Å². The van der Waals surface area contributed by atoms with Crippen LogP contribution in [0, 0.1) is 8.99 Å². The molecule has 0 aromatic heterocycles. The number of nitrogens with one attached hydrogen (secondary N) is 1. The second kappa shape index (κ2) is 11.1. The SMILES string of the molecule is CCOC(=O)C1(C(Nc2ccc(I)cc2)C(=C=O)OCc2ccccc2)CCCC1=C=O. The molecular weight excluding hydrogens is 521 g/mol. The molecule has 0 heterocycles. The first-order valence-corrected chi connectivity index (χ1v) is 11.5. The van der Waals surface area contributed by atoms with Crippen molar-refractivity contribution in [1.29, 1.82) is 0 Å². The van der Waals surface area contributed by atoms with E-state index in [1.54, 1.807) is 6.92 Å². The van der Waals surface area contributed by atoms with Gasteiger partial charge in [0, 0.05) is 14.8 Å². The fourth-order valence-electron chi connectivity index (χ4n) is 4.01. The van der Waals surface area contributed by atoms with Crippen molar-refractivity contribution < 1.29 is 23.9 Å². The quantitative estimate of drug-likeness (QED) is 0.217. The Kier molecular flexibility index (Phi) is 8.28. The van der Waals surface area contributed by atoms with Crippen molar-refractivity contribution in [3.05, 3.63) is 75.1 Å². The molecule has 3 rings (SSSR count). The van der Waals surface area contributed by atoms with Crippen molar-refractivity contribution in [3.8, 4) is 0 Å². The zero-order chi connectivity index (χ0) is 23.0. The van der Waals surface area contributed by atoms with Crippen molar-refractivity contribution in [3.63, 3.8) is 0 Å². The van der Waals surface area contributed by atoms with Gasteiger partial charge in [-0.2, -0.15) is 0 Å². The van der Waals surface area contributed by atoms with E-state index in [2.05, 4.69) is 27.9 Å². The van der Waals surface area contributed by atoms with E-state index in [4.69, 9.17) is 9.47 Å². The highest BCUT2D eigenvalue weighted by molar-refractivity contribution is 14.1. The summed E-state index contributed by atoms with van der Waals surface area (Å²) >= 11 is 2.19. The molecule has 1 aliphatic carbocycles. The topological polar surface area (TPSA) is 81.7 Å². The van der Waals surface area contributed by atoms with Gasteiger partial charge in [0.1, 0.15) is 24.0 Å². The molecular formula is C25H24INO5. The van der Waals surface area contributed by atoms with Gasteiger partial charge in [0.2, 0.25) is 5.76 Å². The molecule has 1 saturated carbocycles. The van der Waals surface area contributed by atoms with E-state index in [9.17, 15) is 14.4 Å². The molecule has 0 saturated heterocycles. The lowest BCUT2D eigenvalue weighted by atomic mass is 9.74. The van der Waals surface area contributed by atoms with Gasteiger partial charge in [-0.05, 0) is 78.6 Å². The van der Waals surface area contributed by atoms with Crippen LogP contribution in [0.3, 0.4) is 0 Å². The number of benzene rings is 2. The first-order valence-electron chi connectivity index (χ1n) is 10.4. The highest BCUT2D eigenvalue weighted by Gasteiger charge is 2.56. The maximum atomic E-state index is 13.3. The molecule has 0 amide bonds. The Labute approximate surface area is 200 Å². The molecule has 1 fully saturated rings. The largest absolute Gasteiger partial charge is 0.480 e. The van der Waals surface area contributed by atoms with Crippen LogP contribution in [-0.4, -0.2) is 30.5 Å². The first-order chi connectivity index (χ1) is 15.5. The van der Waals surface area contributed by atoms with Gasteiger partial charge in [0.15, 0.2) is 5.94 Å². The van der Waals surface area contributed by atoms with Crippen LogP contribution in [0.25, 0.3) is 0 Å². The number of anilines is 1. The van der Waals surface area contributed by atoms with Crippen LogP contribution in [0.4, 0.5) is 5.69 Å². The maximum absolute atomic E-state index is 13.3. The van der Waals surface area contributed by atoms with Crippen molar-refractivity contribution in [2.24, 2.45) is 5.41 Å². The number of hydrogen-bond acceptors (Lipinski definition) is 6. The minimum Gasteiger partial charge on any atom is -0.480 e. The molecule has 2 aromatic rings. The van der Waals surface area contributed by atoms with E-state index in [0.717, 1.165) is 9.13 Å². The van der Waals surface area contributed by atoms with Crippen LogP contribution in [0.15, 0.2) is 65.9 Å². The highest BCUT2D eigenvalue weighted by atomic mass is 127. The van der Waals surface area contributed by atoms with Crippen LogP contribution >= 0.6 is 22.6 Å². The van der Waals surface area contributed by atoms with E-state index < -0.39 is 17.4 Å². The van der Waals surface area contributed by atoms with E-state index >= 15 is 0 Å². The monoisotopic (exact) mass is 545 g/mol. The summed E-state index contributed by atoms with van der Waals surface area (Å²) in [6, 6.07) is 15.9. The number of esters is 1. The van der Waals surface area contributed by atoms with Gasteiger partial charge in [-0.3, -0.25) is 4.79 Å². The second-order valence-corrected chi connectivity index (χ2v) is 8.70. The molecule has 166 valence electrons. The first kappa shape index (κ1) is 23.8. The predicted octanol–water partition coefficient (Wildman–Crippen LogP) is 4.50. The van der Waals surface area contributed by atoms with Crippen molar-refractivity contribution in [2.75, 3.05) is 11.9 Å². The zero-order valence-corrected chi connectivity index (χ0v) is 19.9. The van der Waals surface area contributed by atoms with Gasteiger partial charge in [-0.15, -0.1) is 0 Å². The number of carbonyl (C=O) groups is 1. The lowest BCUT2D eigenvalue weighted by Crippen LogP contribution is -2.49. The second-order valence-electron chi connectivity index (χ2n) is 7.45. The lowest BCUT2D eigenvalue weighted by molar-refractivity contribution is -0.153. The normalized spacial score (nSPS) is 18.2. The molecule has 2 aromatic carbocycles. The summed E-state index contributed by atoms with van der Waals surface area (Å²) < 4.78 is 12.3. The number of ether oxygens (including phenoxy) is 2. The molecule has 2 unspecified atom stereocenters. The summed E-state index contributed by atoms with van der Waals surface area (Å²) in [5.74, 6) is 3.16. The number of halogens is 1. The van der Waals surface area contributed by atoms with Gasteiger partial charge < -0.3 is 14.8 Å². The Hall–Kier alpha value is -2.86. The minimum absolute atomic E-state index is 0.0879. The van der Waals surface area contributed by atoms with Gasteiger partial charge in [0.25, 0.3) is 0 Å². The summed E-state index contributed by atoms with van der Waals surface area (Å²) in [6.07, 6.45) is 1.33. The van der Waals surface area contributed by atoms with Gasteiger partial charge in [0.05, 0.1) is 6.61 Å². The van der Waals surface area contributed by atoms with Crippen LogP contribution in [0.1, 0.15) is 31.7 Å². The number of hydrogen-bond donors (Lipinski definition) is 1. The summed E-state index contributed by atoms with van der Waals surface area (Å²) in [5, 5.41) is 3.25. The van der Waals surface area contributed by atoms with Gasteiger partial charge in [-0.1, -0.05) is 30.3 Å². The predicted molar refractivity (Wildman–Crippen MR) is 129 cm³/mol. The van der Waals surface area contributed by atoms with E-state index in [0.29, 0.717) is 24.9 Å². The zero-order valence-electron chi connectivity index (χ0n) is 17.7. The van der Waals surface area contributed by atoms with Crippen LogP contribution in [-0.2, 0) is 30.5 Å². The third kappa shape index (κ3) is 5.13. The fourth-order valence-corrected chi connectivity index (χ4v) is 4.37. The number of rotatable bonds is 9. The molecule has 0 aliphatic heterocycles. The summed E-state index contributed by atoms with van der Waals surface area (Å²) in [4.78, 5) is 37.2. The molecule has 32 heavy (non-hydrogen) atoms. The van der Waals surface area contributed by atoms with Crippen LogP contribution in [0.2, 0.25) is 0 Å². The summed E-state index contributed by atoms with van der Waals surface area (Å²) in [6.45, 7) is 1.97. The fraction of sp³-hybridized carbons (Fsp3) is 0.320. The molecule has 1 aliphatic rings. The molecule has 1 N–H and O–H groups in total. The van der Waals surface area contributed by atoms with E-state index in [-0.39, 0.29) is 24.5 Å². The smallest absolute Gasteiger partial charge is 0.319 e. The molecule has 0 spiro atoms. The summed E-state index contributed by atoms with van der Waals surface area (Å²) in [7, 11) is 0. The third-order valence-corrected chi connectivity index (χ3v) is 6.27. The van der Waals surface area contributed by atoms with E-state index in [1.165, 1.54) is 0 Å². The van der Waals surface area contributed by atoms with Gasteiger partial charge in [-0.25, -0.2) is 9.59 Å². The van der Waals surface area contributed by atoms with Crippen molar-refractivity contribution in [1.82, 2.24) is 0 Å². The molecule has 0 bridgehead atoms. The molecule has 7 heteroatoms. The van der Waals surface area contributed by atoms with E-state index in [1.807, 2.05) is 66.5 Å². The minimum atomic E-state index is -1.40. The maximum Gasteiger partial charge on any atom is 0.319 e. The van der Waals surface area contributed by atoms with Crippen molar-refractivity contribution >= 4 is 46.1 Å². The average molecular weight is 545 g/mol. The summed E-state index contributed by atoms with van der Waals surface area (Å²) in [5.41, 5.74) is 0.405. The van der Waals surface area contributed by atoms with Gasteiger partial charge >= 0.3 is 5.97 Å². The Morgan fingerprint density at radius 3 is 2.47 bits per heavy atom. The Bertz CT molecular complexity index is 1040. The third-order valence-electron chi connectivity index (χ3n) is 5.55. The number of carbonyl (C=O) groups excluding carboxylic acids is 3. The molecule has 6 nitrogen and oxygen atoms in total. The molecule has 2 atom stereocenters. The Morgan fingerprint density at radius 1 is 1.12 bits per heavy atom. The molecule has 0 radical (unpaired) electrons. The van der Waals surface area contributed by atoms with Crippen LogP contribution < -0.4 is 5.32 Å². The Balaban J connectivity index is 2.04. The standard InChI is InChI=1S/C25H24INO5/c1-2-31-24(30)25(14-6-9-19(25)15-28)23(27-21-12-10-20(26)11-13-21)22(16-29)32-17-18-7-4-3-5-8-18/h3-5,7-8,10-13,23,27H,2,6,9,14,17H2,1H3. The highest BCUT2D eigenvalue weighted by Crippen LogP contribution is 2.48. The average Bonchev–Trinajstić information content (AvgIpc) is 3.25. The lowest BCUT2D eigenvalue weighted by Gasteiger charge is -2.36.